The third kappa shape index (κ3) is 4.69. The molecule has 0 aliphatic heterocycles. The Labute approximate surface area is 167 Å². The van der Waals surface area contributed by atoms with Crippen molar-refractivity contribution in [2.45, 2.75) is 19.8 Å². The average Bonchev–Trinajstić information content (AvgIpc) is 3.04. The second kappa shape index (κ2) is 8.29. The zero-order chi connectivity index (χ0) is 17.1. The van der Waals surface area contributed by atoms with Crippen LogP contribution in [0.4, 0.5) is 0 Å². The Morgan fingerprint density at radius 1 is 1.04 bits per heavy atom. The predicted octanol–water partition coefficient (Wildman–Crippen LogP) is -0.722. The summed E-state index contributed by atoms with van der Waals surface area (Å²) in [6.45, 7) is 4.33. The third-order valence-electron chi connectivity index (χ3n) is 3.65. The van der Waals surface area contributed by atoms with Crippen LogP contribution in [-0.4, -0.2) is 21.1 Å². The molecule has 25 heavy (non-hydrogen) atoms. The molecule has 0 amide bonds. The van der Waals surface area contributed by atoms with Crippen LogP contribution in [0, 0.1) is 0 Å². The summed E-state index contributed by atoms with van der Waals surface area (Å²) >= 11 is 0. The third-order valence-corrected chi connectivity index (χ3v) is 3.65. The van der Waals surface area contributed by atoms with E-state index in [0.717, 1.165) is 22.2 Å². The van der Waals surface area contributed by atoms with E-state index in [-0.39, 0.29) is 35.3 Å². The van der Waals surface area contributed by atoms with E-state index in [9.17, 15) is 9.90 Å². The smallest absolute Gasteiger partial charge is 0.543 e. The molecule has 0 fully saturated rings. The van der Waals surface area contributed by atoms with Crippen LogP contribution in [-0.2, 0) is 0 Å². The SMILES string of the molecule is CC(C)c1ccc(-c2ccc(On3cc(C(=O)[O-])nn3)cc2)cc1.[Na+]. The van der Waals surface area contributed by atoms with E-state index in [0.29, 0.717) is 11.7 Å². The second-order valence-electron chi connectivity index (χ2n) is 5.69. The van der Waals surface area contributed by atoms with Gasteiger partial charge in [0.25, 0.3) is 0 Å². The first kappa shape index (κ1) is 19.2. The Balaban J connectivity index is 0.00000225. The van der Waals surface area contributed by atoms with Gasteiger partial charge in [-0.2, -0.15) is 0 Å². The normalized spacial score (nSPS) is 10.4. The van der Waals surface area contributed by atoms with Crippen molar-refractivity contribution in [3.05, 3.63) is 66.0 Å². The van der Waals surface area contributed by atoms with Crippen LogP contribution in [0.5, 0.6) is 5.75 Å². The predicted molar refractivity (Wildman–Crippen MR) is 86.3 cm³/mol. The minimum absolute atomic E-state index is 0. The number of hydrogen-bond donors (Lipinski definition) is 0. The topological polar surface area (TPSA) is 80.1 Å². The Hall–Kier alpha value is -2.15. The summed E-state index contributed by atoms with van der Waals surface area (Å²) in [5.41, 5.74) is 3.20. The molecule has 122 valence electrons. The number of carboxylic acid groups (broad SMARTS) is 1. The minimum Gasteiger partial charge on any atom is -0.543 e. The summed E-state index contributed by atoms with van der Waals surface area (Å²) in [6, 6.07) is 15.9. The van der Waals surface area contributed by atoms with E-state index in [4.69, 9.17) is 4.84 Å². The zero-order valence-corrected chi connectivity index (χ0v) is 16.3. The molecule has 0 radical (unpaired) electrons. The van der Waals surface area contributed by atoms with E-state index in [1.165, 1.54) is 5.56 Å². The number of benzene rings is 2. The first-order chi connectivity index (χ1) is 11.5. The number of carbonyl (C=O) groups excluding carboxylic acids is 1. The molecule has 0 aliphatic carbocycles. The van der Waals surface area contributed by atoms with Crippen LogP contribution in [0.15, 0.2) is 54.7 Å². The molecule has 0 N–H and O–H groups in total. The number of carboxylic acids is 1. The van der Waals surface area contributed by atoms with E-state index in [1.807, 2.05) is 12.1 Å². The molecule has 0 bridgehead atoms. The van der Waals surface area contributed by atoms with Crippen LogP contribution in [0.25, 0.3) is 11.1 Å². The molecule has 0 saturated heterocycles. The van der Waals surface area contributed by atoms with Gasteiger partial charge in [0.05, 0.1) is 12.2 Å². The molecule has 7 heteroatoms. The average molecular weight is 345 g/mol. The first-order valence-electron chi connectivity index (χ1n) is 7.55. The molecule has 2 aromatic carbocycles. The Morgan fingerprint density at radius 2 is 1.60 bits per heavy atom. The number of rotatable bonds is 5. The maximum Gasteiger partial charge on any atom is 1.00 e. The van der Waals surface area contributed by atoms with Gasteiger partial charge in [-0.3, -0.25) is 0 Å². The molecule has 0 atom stereocenters. The van der Waals surface area contributed by atoms with Gasteiger partial charge >= 0.3 is 29.6 Å². The number of aromatic carboxylic acids is 1. The van der Waals surface area contributed by atoms with E-state index < -0.39 is 5.97 Å². The number of aromatic nitrogens is 3. The van der Waals surface area contributed by atoms with Crippen molar-refractivity contribution in [2.75, 3.05) is 0 Å². The fourth-order valence-corrected chi connectivity index (χ4v) is 2.26. The molecule has 3 rings (SSSR count). The molecule has 0 aliphatic rings. The van der Waals surface area contributed by atoms with Gasteiger partial charge in [-0.25, -0.2) is 0 Å². The number of hydrogen-bond acceptors (Lipinski definition) is 5. The largest absolute Gasteiger partial charge is 1.00 e. The molecule has 1 heterocycles. The van der Waals surface area contributed by atoms with Crippen molar-refractivity contribution in [3.63, 3.8) is 0 Å². The van der Waals surface area contributed by atoms with Gasteiger partial charge in [-0.05, 0) is 40.0 Å². The standard InChI is InChI=1S/C18H17N3O3.Na/c1-12(2)13-3-5-14(6-4-13)15-7-9-16(10-8-15)24-21-11-17(18(22)23)19-20-21;/h3-12H,1-2H3,(H,22,23);/q;+1/p-1. The fourth-order valence-electron chi connectivity index (χ4n) is 2.26. The van der Waals surface area contributed by atoms with Gasteiger partial charge in [0, 0.05) is 0 Å². The van der Waals surface area contributed by atoms with Crippen molar-refractivity contribution >= 4 is 5.97 Å². The van der Waals surface area contributed by atoms with Crippen molar-refractivity contribution in [1.29, 1.82) is 0 Å². The first-order valence-corrected chi connectivity index (χ1v) is 7.55. The van der Waals surface area contributed by atoms with Crippen molar-refractivity contribution < 1.29 is 44.3 Å². The van der Waals surface area contributed by atoms with Gasteiger partial charge in [0.15, 0.2) is 5.75 Å². The van der Waals surface area contributed by atoms with Gasteiger partial charge in [0.1, 0.15) is 5.69 Å². The Morgan fingerprint density at radius 3 is 2.08 bits per heavy atom. The molecule has 0 unspecified atom stereocenters. The maximum absolute atomic E-state index is 10.7. The van der Waals surface area contributed by atoms with Crippen molar-refractivity contribution in [2.24, 2.45) is 0 Å². The molecule has 6 nitrogen and oxygen atoms in total. The van der Waals surface area contributed by atoms with Crippen LogP contribution in [0.2, 0.25) is 0 Å². The van der Waals surface area contributed by atoms with Crippen LogP contribution < -0.4 is 39.5 Å². The van der Waals surface area contributed by atoms with Crippen LogP contribution in [0.1, 0.15) is 35.8 Å². The maximum atomic E-state index is 10.7. The fraction of sp³-hybridized carbons (Fsp3) is 0.167. The number of carbonyl (C=O) groups is 1. The van der Waals surface area contributed by atoms with Gasteiger partial charge in [-0.15, -0.1) is 5.10 Å². The molecule has 3 aromatic rings. The molecule has 1 aromatic heterocycles. The van der Waals surface area contributed by atoms with Gasteiger partial charge in [0.2, 0.25) is 0 Å². The van der Waals surface area contributed by atoms with Gasteiger partial charge in [-0.1, -0.05) is 55.1 Å². The summed E-state index contributed by atoms with van der Waals surface area (Å²) in [7, 11) is 0. The van der Waals surface area contributed by atoms with E-state index in [2.05, 4.69) is 48.4 Å². The number of nitrogens with zero attached hydrogens (tertiary/aromatic N) is 3. The van der Waals surface area contributed by atoms with Crippen molar-refractivity contribution in [1.82, 2.24) is 15.2 Å². The van der Waals surface area contributed by atoms with E-state index in [1.54, 1.807) is 12.1 Å². The van der Waals surface area contributed by atoms with Crippen LogP contribution in [0.3, 0.4) is 0 Å². The minimum atomic E-state index is -1.40. The Bertz CT molecular complexity index is 843. The molecule has 0 spiro atoms. The quantitative estimate of drug-likeness (QED) is 0.570. The summed E-state index contributed by atoms with van der Waals surface area (Å²) in [5.74, 6) is -0.374. The van der Waals surface area contributed by atoms with Crippen LogP contribution >= 0.6 is 0 Å². The second-order valence-corrected chi connectivity index (χ2v) is 5.69. The zero-order valence-electron chi connectivity index (χ0n) is 14.3. The summed E-state index contributed by atoms with van der Waals surface area (Å²) in [4.78, 5) is 17.0. The molecule has 0 saturated carbocycles. The Kier molecular flexibility index (Phi) is 6.36. The monoisotopic (exact) mass is 345 g/mol. The van der Waals surface area contributed by atoms with E-state index >= 15 is 0 Å². The molecular formula is C18H16N3NaO3. The summed E-state index contributed by atoms with van der Waals surface area (Å²) in [6.07, 6.45) is 1.15. The molecular weight excluding hydrogens is 329 g/mol. The summed E-state index contributed by atoms with van der Waals surface area (Å²) < 4.78 is 0. The van der Waals surface area contributed by atoms with Crippen molar-refractivity contribution in [3.8, 4) is 16.9 Å². The summed E-state index contributed by atoms with van der Waals surface area (Å²) in [5, 5.41) is 17.6. The van der Waals surface area contributed by atoms with Gasteiger partial charge < -0.3 is 14.7 Å².